The van der Waals surface area contributed by atoms with Gasteiger partial charge in [-0.2, -0.15) is 0 Å². The SMILES string of the molecule is CCCC(C)NCC(C)Sc1ccccc1OC. The van der Waals surface area contributed by atoms with E-state index in [2.05, 4.69) is 38.2 Å². The molecule has 18 heavy (non-hydrogen) atoms. The first kappa shape index (κ1) is 15.4. The molecule has 0 saturated heterocycles. The van der Waals surface area contributed by atoms with E-state index in [0.717, 1.165) is 12.3 Å². The van der Waals surface area contributed by atoms with Crippen LogP contribution in [0.4, 0.5) is 0 Å². The minimum absolute atomic E-state index is 0.542. The van der Waals surface area contributed by atoms with Crippen LogP contribution in [0.25, 0.3) is 0 Å². The van der Waals surface area contributed by atoms with Crippen molar-refractivity contribution in [2.24, 2.45) is 0 Å². The molecule has 0 aromatic heterocycles. The molecule has 1 aromatic rings. The Labute approximate surface area is 116 Å². The summed E-state index contributed by atoms with van der Waals surface area (Å²) < 4.78 is 5.37. The van der Waals surface area contributed by atoms with Gasteiger partial charge in [-0.25, -0.2) is 0 Å². The second-order valence-corrected chi connectivity index (χ2v) is 6.16. The highest BCUT2D eigenvalue weighted by atomic mass is 32.2. The maximum absolute atomic E-state index is 5.37. The van der Waals surface area contributed by atoms with Crippen LogP contribution < -0.4 is 10.1 Å². The van der Waals surface area contributed by atoms with Gasteiger partial charge in [0.2, 0.25) is 0 Å². The van der Waals surface area contributed by atoms with Gasteiger partial charge < -0.3 is 10.1 Å². The highest BCUT2D eigenvalue weighted by molar-refractivity contribution is 8.00. The highest BCUT2D eigenvalue weighted by Gasteiger charge is 2.09. The summed E-state index contributed by atoms with van der Waals surface area (Å²) in [6.45, 7) is 7.77. The number of rotatable bonds is 8. The predicted molar refractivity (Wildman–Crippen MR) is 80.7 cm³/mol. The van der Waals surface area contributed by atoms with Gasteiger partial charge in [-0.1, -0.05) is 32.4 Å². The number of thioether (sulfide) groups is 1. The Morgan fingerprint density at radius 2 is 2.00 bits per heavy atom. The van der Waals surface area contributed by atoms with Crippen LogP contribution in [0.1, 0.15) is 33.6 Å². The van der Waals surface area contributed by atoms with Crippen LogP contribution >= 0.6 is 11.8 Å². The van der Waals surface area contributed by atoms with Gasteiger partial charge in [0.1, 0.15) is 5.75 Å². The Morgan fingerprint density at radius 1 is 1.28 bits per heavy atom. The second kappa shape index (κ2) is 8.44. The van der Waals surface area contributed by atoms with E-state index < -0.39 is 0 Å². The lowest BCUT2D eigenvalue weighted by Crippen LogP contribution is -2.31. The fraction of sp³-hybridized carbons (Fsp3) is 0.600. The van der Waals surface area contributed by atoms with Crippen LogP contribution in [-0.2, 0) is 0 Å². The number of hydrogen-bond donors (Lipinski definition) is 1. The number of hydrogen-bond acceptors (Lipinski definition) is 3. The maximum Gasteiger partial charge on any atom is 0.132 e. The first-order valence-corrected chi connectivity index (χ1v) is 7.58. The van der Waals surface area contributed by atoms with Gasteiger partial charge in [-0.15, -0.1) is 11.8 Å². The molecule has 0 spiro atoms. The molecule has 0 bridgehead atoms. The van der Waals surface area contributed by atoms with E-state index in [0.29, 0.717) is 11.3 Å². The summed E-state index contributed by atoms with van der Waals surface area (Å²) in [5.74, 6) is 0.968. The molecule has 0 heterocycles. The zero-order valence-corrected chi connectivity index (χ0v) is 12.7. The minimum atomic E-state index is 0.542. The van der Waals surface area contributed by atoms with E-state index in [1.54, 1.807) is 7.11 Å². The lowest BCUT2D eigenvalue weighted by atomic mass is 10.2. The van der Waals surface area contributed by atoms with Crippen molar-refractivity contribution in [2.75, 3.05) is 13.7 Å². The fourth-order valence-electron chi connectivity index (χ4n) is 1.88. The normalized spacial score (nSPS) is 14.2. The molecule has 2 nitrogen and oxygen atoms in total. The average molecular weight is 267 g/mol. The zero-order chi connectivity index (χ0) is 13.4. The van der Waals surface area contributed by atoms with Gasteiger partial charge in [-0.05, 0) is 25.5 Å². The largest absolute Gasteiger partial charge is 0.496 e. The molecule has 1 rings (SSSR count). The number of para-hydroxylation sites is 1. The lowest BCUT2D eigenvalue weighted by Gasteiger charge is -2.18. The molecular formula is C15H25NOS. The van der Waals surface area contributed by atoms with E-state index in [4.69, 9.17) is 4.74 Å². The quantitative estimate of drug-likeness (QED) is 0.721. The summed E-state index contributed by atoms with van der Waals surface area (Å²) in [6, 6.07) is 8.81. The summed E-state index contributed by atoms with van der Waals surface area (Å²) in [4.78, 5) is 1.22. The number of ether oxygens (including phenoxy) is 1. The third-order valence-electron chi connectivity index (χ3n) is 2.87. The van der Waals surface area contributed by atoms with Crippen LogP contribution in [0.15, 0.2) is 29.2 Å². The predicted octanol–water partition coefficient (Wildman–Crippen LogP) is 3.95. The highest BCUT2D eigenvalue weighted by Crippen LogP contribution is 2.31. The Bertz CT molecular complexity index is 343. The second-order valence-electron chi connectivity index (χ2n) is 4.68. The molecule has 0 amide bonds. The van der Waals surface area contributed by atoms with Gasteiger partial charge in [0, 0.05) is 22.7 Å². The van der Waals surface area contributed by atoms with E-state index in [9.17, 15) is 0 Å². The molecule has 0 saturated carbocycles. The van der Waals surface area contributed by atoms with Crippen molar-refractivity contribution in [1.29, 1.82) is 0 Å². The standard InChI is InChI=1S/C15H25NOS/c1-5-8-12(2)16-11-13(3)18-15-10-7-6-9-14(15)17-4/h6-7,9-10,12-13,16H,5,8,11H2,1-4H3. The topological polar surface area (TPSA) is 21.3 Å². The molecule has 0 radical (unpaired) electrons. The van der Waals surface area contributed by atoms with Crippen molar-refractivity contribution in [3.63, 3.8) is 0 Å². The molecule has 0 aliphatic heterocycles. The first-order valence-electron chi connectivity index (χ1n) is 6.70. The summed E-state index contributed by atoms with van der Waals surface area (Å²) >= 11 is 1.87. The Balaban J connectivity index is 2.41. The van der Waals surface area contributed by atoms with E-state index in [-0.39, 0.29) is 0 Å². The molecule has 0 aliphatic carbocycles. The van der Waals surface area contributed by atoms with Crippen LogP contribution in [-0.4, -0.2) is 24.9 Å². The monoisotopic (exact) mass is 267 g/mol. The molecule has 102 valence electrons. The van der Waals surface area contributed by atoms with Gasteiger partial charge >= 0.3 is 0 Å². The molecular weight excluding hydrogens is 242 g/mol. The van der Waals surface area contributed by atoms with E-state index in [1.807, 2.05) is 23.9 Å². The Morgan fingerprint density at radius 3 is 2.67 bits per heavy atom. The minimum Gasteiger partial charge on any atom is -0.496 e. The van der Waals surface area contributed by atoms with Crippen LogP contribution in [0.3, 0.4) is 0 Å². The zero-order valence-electron chi connectivity index (χ0n) is 11.9. The van der Waals surface area contributed by atoms with Crippen molar-refractivity contribution in [2.45, 2.75) is 49.8 Å². The van der Waals surface area contributed by atoms with Gasteiger partial charge in [-0.3, -0.25) is 0 Å². The fourth-order valence-corrected chi connectivity index (χ4v) is 2.91. The lowest BCUT2D eigenvalue weighted by molar-refractivity contribution is 0.404. The molecule has 1 N–H and O–H groups in total. The van der Waals surface area contributed by atoms with Crippen LogP contribution in [0, 0.1) is 0 Å². The van der Waals surface area contributed by atoms with Crippen molar-refractivity contribution in [1.82, 2.24) is 5.32 Å². The summed E-state index contributed by atoms with van der Waals surface area (Å²) in [5.41, 5.74) is 0. The van der Waals surface area contributed by atoms with Gasteiger partial charge in [0.25, 0.3) is 0 Å². The Hall–Kier alpha value is -0.670. The maximum atomic E-state index is 5.37. The van der Waals surface area contributed by atoms with Crippen LogP contribution in [0.5, 0.6) is 5.75 Å². The summed E-state index contributed by atoms with van der Waals surface area (Å²) in [6.07, 6.45) is 2.48. The molecule has 2 atom stereocenters. The van der Waals surface area contributed by atoms with Crippen molar-refractivity contribution in [3.8, 4) is 5.75 Å². The van der Waals surface area contributed by atoms with Crippen molar-refractivity contribution in [3.05, 3.63) is 24.3 Å². The molecule has 2 unspecified atom stereocenters. The number of nitrogens with one attached hydrogen (secondary N) is 1. The summed E-state index contributed by atoms with van der Waals surface area (Å²) in [5, 5.41) is 4.12. The Kier molecular flexibility index (Phi) is 7.21. The van der Waals surface area contributed by atoms with E-state index in [1.165, 1.54) is 17.7 Å². The molecule has 1 aromatic carbocycles. The average Bonchev–Trinajstić information content (AvgIpc) is 2.37. The smallest absolute Gasteiger partial charge is 0.132 e. The third-order valence-corrected chi connectivity index (χ3v) is 4.03. The molecule has 3 heteroatoms. The van der Waals surface area contributed by atoms with Crippen LogP contribution in [0.2, 0.25) is 0 Å². The summed E-state index contributed by atoms with van der Waals surface area (Å²) in [7, 11) is 1.73. The third kappa shape index (κ3) is 5.32. The number of benzene rings is 1. The van der Waals surface area contributed by atoms with Gasteiger partial charge in [0.05, 0.1) is 7.11 Å². The first-order chi connectivity index (χ1) is 8.67. The van der Waals surface area contributed by atoms with Gasteiger partial charge in [0.15, 0.2) is 0 Å². The van der Waals surface area contributed by atoms with Crippen molar-refractivity contribution < 1.29 is 4.74 Å². The number of methoxy groups -OCH3 is 1. The molecule has 0 fully saturated rings. The van der Waals surface area contributed by atoms with Crippen molar-refractivity contribution >= 4 is 11.8 Å². The van der Waals surface area contributed by atoms with E-state index >= 15 is 0 Å². The molecule has 0 aliphatic rings.